The third-order valence-electron chi connectivity index (χ3n) is 4.33. The summed E-state index contributed by atoms with van der Waals surface area (Å²) in [5, 5.41) is 7.69. The van der Waals surface area contributed by atoms with Crippen LogP contribution in [0.25, 0.3) is 11.1 Å². The zero-order chi connectivity index (χ0) is 19.6. The maximum atomic E-state index is 12.5. The van der Waals surface area contributed by atoms with Gasteiger partial charge in [0.25, 0.3) is 0 Å². The average molecular weight is 405 g/mol. The summed E-state index contributed by atoms with van der Waals surface area (Å²) in [7, 11) is 1.40. The Balaban J connectivity index is 2.10. The second kappa shape index (κ2) is 11.0. The van der Waals surface area contributed by atoms with E-state index in [1.165, 1.54) is 44.1 Å². The summed E-state index contributed by atoms with van der Waals surface area (Å²) < 4.78 is 5.03. The van der Waals surface area contributed by atoms with Crippen LogP contribution >= 0.6 is 23.6 Å². The van der Waals surface area contributed by atoms with Crippen molar-refractivity contribution in [3.05, 3.63) is 40.8 Å². The maximum Gasteiger partial charge on any atom is 0.341 e. The molecule has 4 nitrogen and oxygen atoms in total. The van der Waals surface area contributed by atoms with E-state index in [0.717, 1.165) is 34.0 Å². The second-order valence-electron chi connectivity index (χ2n) is 6.39. The standard InChI is InChI=1S/C21H28N2O2S2/c1-4-5-6-7-11-14-22-21(26)23-19-18(20(24)25-3)17(15(2)27-19)16-12-9-8-10-13-16/h8-10,12-13H,4-7,11,14H2,1-3H3,(H2,22,23,26). The van der Waals surface area contributed by atoms with Crippen molar-refractivity contribution in [1.29, 1.82) is 0 Å². The van der Waals surface area contributed by atoms with Crippen LogP contribution in [0.3, 0.4) is 0 Å². The Labute approximate surface area is 171 Å². The fourth-order valence-electron chi connectivity index (χ4n) is 2.96. The van der Waals surface area contributed by atoms with Crippen LogP contribution in [0.15, 0.2) is 30.3 Å². The number of nitrogens with one attached hydrogen (secondary N) is 2. The Hall–Kier alpha value is -1.92. The lowest BCUT2D eigenvalue weighted by atomic mass is 10.0. The lowest BCUT2D eigenvalue weighted by molar-refractivity contribution is 0.0603. The van der Waals surface area contributed by atoms with Crippen LogP contribution in [0.5, 0.6) is 0 Å². The quantitative estimate of drug-likeness (QED) is 0.316. The summed E-state index contributed by atoms with van der Waals surface area (Å²) in [5.74, 6) is -0.358. The van der Waals surface area contributed by atoms with Gasteiger partial charge in [-0.05, 0) is 31.1 Å². The Morgan fingerprint density at radius 1 is 1.15 bits per heavy atom. The molecule has 2 aromatic rings. The second-order valence-corrected chi connectivity index (χ2v) is 8.02. The third kappa shape index (κ3) is 6.04. The first kappa shape index (κ1) is 21.4. The number of methoxy groups -OCH3 is 1. The molecule has 0 atom stereocenters. The minimum Gasteiger partial charge on any atom is -0.465 e. The van der Waals surface area contributed by atoms with Gasteiger partial charge in [-0.25, -0.2) is 4.79 Å². The minimum absolute atomic E-state index is 0.358. The van der Waals surface area contributed by atoms with Crippen molar-refractivity contribution in [3.8, 4) is 11.1 Å². The van der Waals surface area contributed by atoms with E-state index in [0.29, 0.717) is 10.7 Å². The Bertz CT molecular complexity index is 757. The predicted molar refractivity (Wildman–Crippen MR) is 119 cm³/mol. The highest BCUT2D eigenvalue weighted by atomic mass is 32.1. The molecule has 0 bridgehead atoms. The van der Waals surface area contributed by atoms with Gasteiger partial charge in [-0.15, -0.1) is 11.3 Å². The summed E-state index contributed by atoms with van der Waals surface area (Å²) in [5.41, 5.74) is 2.44. The molecule has 0 fully saturated rings. The van der Waals surface area contributed by atoms with Crippen molar-refractivity contribution in [3.63, 3.8) is 0 Å². The van der Waals surface area contributed by atoms with E-state index in [2.05, 4.69) is 17.6 Å². The van der Waals surface area contributed by atoms with Gasteiger partial charge in [0.15, 0.2) is 5.11 Å². The molecule has 6 heteroatoms. The smallest absolute Gasteiger partial charge is 0.341 e. The summed E-state index contributed by atoms with van der Waals surface area (Å²) >= 11 is 6.94. The van der Waals surface area contributed by atoms with Crippen LogP contribution in [0.1, 0.15) is 54.3 Å². The van der Waals surface area contributed by atoms with Crippen LogP contribution in [0, 0.1) is 6.92 Å². The Morgan fingerprint density at radius 2 is 1.85 bits per heavy atom. The molecular formula is C21H28N2O2S2. The number of carbonyl (C=O) groups excluding carboxylic acids is 1. The number of thiocarbonyl (C=S) groups is 1. The molecule has 0 unspecified atom stereocenters. The zero-order valence-electron chi connectivity index (χ0n) is 16.3. The highest BCUT2D eigenvalue weighted by Crippen LogP contribution is 2.40. The number of carbonyl (C=O) groups is 1. The molecule has 0 aliphatic rings. The molecule has 1 heterocycles. The van der Waals surface area contributed by atoms with Gasteiger partial charge in [0.1, 0.15) is 10.6 Å². The fraction of sp³-hybridized carbons (Fsp3) is 0.429. The molecule has 2 rings (SSSR count). The zero-order valence-corrected chi connectivity index (χ0v) is 17.9. The van der Waals surface area contributed by atoms with E-state index >= 15 is 0 Å². The molecule has 0 saturated carbocycles. The first-order valence-electron chi connectivity index (χ1n) is 9.40. The van der Waals surface area contributed by atoms with Crippen LogP contribution < -0.4 is 10.6 Å². The molecule has 0 aliphatic carbocycles. The molecule has 0 spiro atoms. The topological polar surface area (TPSA) is 50.4 Å². The molecule has 1 aromatic carbocycles. The Kier molecular flexibility index (Phi) is 8.75. The first-order valence-corrected chi connectivity index (χ1v) is 10.6. The van der Waals surface area contributed by atoms with Gasteiger partial charge in [-0.2, -0.15) is 0 Å². The van der Waals surface area contributed by atoms with E-state index in [4.69, 9.17) is 17.0 Å². The van der Waals surface area contributed by atoms with Crippen LogP contribution in [0.4, 0.5) is 5.00 Å². The molecule has 146 valence electrons. The lowest BCUT2D eigenvalue weighted by Crippen LogP contribution is -2.29. The van der Waals surface area contributed by atoms with Crippen molar-refractivity contribution < 1.29 is 9.53 Å². The van der Waals surface area contributed by atoms with Gasteiger partial charge in [-0.1, -0.05) is 62.9 Å². The normalized spacial score (nSPS) is 10.5. The van der Waals surface area contributed by atoms with E-state index < -0.39 is 0 Å². The lowest BCUT2D eigenvalue weighted by Gasteiger charge is -2.11. The molecule has 27 heavy (non-hydrogen) atoms. The summed E-state index contributed by atoms with van der Waals surface area (Å²) in [6.07, 6.45) is 6.07. The SMILES string of the molecule is CCCCCCCNC(=S)Nc1sc(C)c(-c2ccccc2)c1C(=O)OC. The molecule has 0 saturated heterocycles. The molecule has 0 aliphatic heterocycles. The van der Waals surface area contributed by atoms with E-state index in [1.54, 1.807) is 0 Å². The number of thiophene rings is 1. The first-order chi connectivity index (χ1) is 13.1. The number of benzene rings is 1. The number of rotatable bonds is 9. The number of unbranched alkanes of at least 4 members (excludes halogenated alkanes) is 4. The highest BCUT2D eigenvalue weighted by molar-refractivity contribution is 7.80. The highest BCUT2D eigenvalue weighted by Gasteiger charge is 2.24. The third-order valence-corrected chi connectivity index (χ3v) is 5.60. The monoisotopic (exact) mass is 404 g/mol. The largest absolute Gasteiger partial charge is 0.465 e. The van der Waals surface area contributed by atoms with Crippen molar-refractivity contribution in [1.82, 2.24) is 5.32 Å². The molecule has 2 N–H and O–H groups in total. The predicted octanol–water partition coefficient (Wildman–Crippen LogP) is 5.77. The number of aryl methyl sites for hydroxylation is 1. The number of hydrogen-bond donors (Lipinski definition) is 2. The minimum atomic E-state index is -0.358. The Morgan fingerprint density at radius 3 is 2.52 bits per heavy atom. The van der Waals surface area contributed by atoms with Crippen LogP contribution in [-0.4, -0.2) is 24.7 Å². The van der Waals surface area contributed by atoms with Gasteiger partial charge < -0.3 is 15.4 Å². The molecule has 1 aromatic heterocycles. The maximum absolute atomic E-state index is 12.5. The van der Waals surface area contributed by atoms with Crippen molar-refractivity contribution in [2.45, 2.75) is 46.0 Å². The van der Waals surface area contributed by atoms with E-state index in [-0.39, 0.29) is 5.97 Å². The molecule has 0 radical (unpaired) electrons. The number of anilines is 1. The summed E-state index contributed by atoms with van der Waals surface area (Å²) in [6, 6.07) is 9.88. The van der Waals surface area contributed by atoms with Gasteiger partial charge in [0, 0.05) is 17.0 Å². The molecule has 0 amide bonds. The van der Waals surface area contributed by atoms with Gasteiger partial charge in [0.05, 0.1) is 7.11 Å². The molecular weight excluding hydrogens is 376 g/mol. The number of esters is 1. The van der Waals surface area contributed by atoms with Gasteiger partial charge in [0.2, 0.25) is 0 Å². The van der Waals surface area contributed by atoms with E-state index in [9.17, 15) is 4.79 Å². The van der Waals surface area contributed by atoms with Gasteiger partial charge >= 0.3 is 5.97 Å². The van der Waals surface area contributed by atoms with Crippen LogP contribution in [-0.2, 0) is 4.74 Å². The summed E-state index contributed by atoms with van der Waals surface area (Å²) in [6.45, 7) is 5.05. The number of hydrogen-bond acceptors (Lipinski definition) is 4. The number of ether oxygens (including phenoxy) is 1. The van der Waals surface area contributed by atoms with Crippen molar-refractivity contribution >= 4 is 39.6 Å². The fourth-order valence-corrected chi connectivity index (χ4v) is 4.30. The average Bonchev–Trinajstić information content (AvgIpc) is 3.00. The van der Waals surface area contributed by atoms with Gasteiger partial charge in [-0.3, -0.25) is 0 Å². The van der Waals surface area contributed by atoms with Crippen molar-refractivity contribution in [2.24, 2.45) is 0 Å². The van der Waals surface area contributed by atoms with Crippen LogP contribution in [0.2, 0.25) is 0 Å². The van der Waals surface area contributed by atoms with E-state index in [1.807, 2.05) is 37.3 Å². The van der Waals surface area contributed by atoms with Crippen molar-refractivity contribution in [2.75, 3.05) is 19.0 Å². The summed E-state index contributed by atoms with van der Waals surface area (Å²) in [4.78, 5) is 13.5.